The van der Waals surface area contributed by atoms with Crippen LogP contribution in [0.3, 0.4) is 0 Å². The largest absolute Gasteiger partial charge is 0.379 e. The first-order chi connectivity index (χ1) is 9.80. The Labute approximate surface area is 125 Å². The van der Waals surface area contributed by atoms with Crippen LogP contribution in [0.25, 0.3) is 0 Å². The van der Waals surface area contributed by atoms with Crippen molar-refractivity contribution in [3.63, 3.8) is 0 Å². The summed E-state index contributed by atoms with van der Waals surface area (Å²) in [5, 5.41) is 2.17. The van der Waals surface area contributed by atoms with E-state index in [1.165, 1.54) is 37.2 Å². The second-order valence-electron chi connectivity index (χ2n) is 6.15. The molecule has 0 radical (unpaired) electrons. The molecule has 0 bridgehead atoms. The van der Waals surface area contributed by atoms with Crippen molar-refractivity contribution in [1.82, 2.24) is 4.90 Å². The van der Waals surface area contributed by atoms with Gasteiger partial charge in [0.2, 0.25) is 0 Å². The first-order valence-electron chi connectivity index (χ1n) is 7.74. The molecular weight excluding hydrogens is 270 g/mol. The molecule has 0 N–H and O–H groups in total. The topological polar surface area (TPSA) is 21.7 Å². The quantitative estimate of drug-likeness (QED) is 0.833. The van der Waals surface area contributed by atoms with Crippen LogP contribution in [0.15, 0.2) is 17.5 Å². The summed E-state index contributed by atoms with van der Waals surface area (Å²) in [4.78, 5) is 4.07. The van der Waals surface area contributed by atoms with Gasteiger partial charge in [-0.15, -0.1) is 11.3 Å². The number of hydrogen-bond acceptors (Lipinski definition) is 4. The van der Waals surface area contributed by atoms with E-state index in [0.29, 0.717) is 11.5 Å². The van der Waals surface area contributed by atoms with Crippen LogP contribution in [-0.2, 0) is 16.0 Å². The minimum Gasteiger partial charge on any atom is -0.379 e. The predicted molar refractivity (Wildman–Crippen MR) is 82.1 cm³/mol. The van der Waals surface area contributed by atoms with Crippen molar-refractivity contribution in [2.75, 3.05) is 32.9 Å². The van der Waals surface area contributed by atoms with Gasteiger partial charge in [0.05, 0.1) is 19.3 Å². The van der Waals surface area contributed by atoms with Crippen LogP contribution >= 0.6 is 11.3 Å². The summed E-state index contributed by atoms with van der Waals surface area (Å²) < 4.78 is 11.5. The Morgan fingerprint density at radius 1 is 1.45 bits per heavy atom. The highest BCUT2D eigenvalue weighted by molar-refractivity contribution is 7.09. The molecule has 1 spiro atoms. The highest BCUT2D eigenvalue weighted by Crippen LogP contribution is 2.42. The predicted octanol–water partition coefficient (Wildman–Crippen LogP) is 3.16. The van der Waals surface area contributed by atoms with E-state index >= 15 is 0 Å². The Morgan fingerprint density at radius 3 is 3.00 bits per heavy atom. The fourth-order valence-corrected chi connectivity index (χ4v) is 4.15. The number of rotatable bonds is 5. The fourth-order valence-electron chi connectivity index (χ4n) is 3.41. The van der Waals surface area contributed by atoms with Crippen molar-refractivity contribution < 1.29 is 9.47 Å². The third-order valence-electron chi connectivity index (χ3n) is 4.67. The first kappa shape index (κ1) is 14.5. The lowest BCUT2D eigenvalue weighted by Gasteiger charge is -2.38. The second-order valence-corrected chi connectivity index (χ2v) is 7.18. The summed E-state index contributed by atoms with van der Waals surface area (Å²) in [6.45, 7) is 8.10. The van der Waals surface area contributed by atoms with E-state index in [2.05, 4.69) is 22.4 Å². The molecule has 112 valence electrons. The Morgan fingerprint density at radius 2 is 2.30 bits per heavy atom. The normalized spacial score (nSPS) is 26.4. The van der Waals surface area contributed by atoms with Crippen LogP contribution in [0.2, 0.25) is 0 Å². The van der Waals surface area contributed by atoms with Gasteiger partial charge in [0.1, 0.15) is 0 Å². The second kappa shape index (κ2) is 6.56. The monoisotopic (exact) mass is 295 g/mol. The SMILES string of the molecule is CCOCC1CC2(CCN(Cc3cccs3)CC2)CO1. The number of piperidine rings is 1. The summed E-state index contributed by atoms with van der Waals surface area (Å²) >= 11 is 1.87. The van der Waals surface area contributed by atoms with Crippen LogP contribution in [0.4, 0.5) is 0 Å². The van der Waals surface area contributed by atoms with Gasteiger partial charge in [0.25, 0.3) is 0 Å². The lowest BCUT2D eigenvalue weighted by molar-refractivity contribution is 0.0158. The number of ether oxygens (including phenoxy) is 2. The molecule has 3 rings (SSSR count). The van der Waals surface area contributed by atoms with E-state index < -0.39 is 0 Å². The number of hydrogen-bond donors (Lipinski definition) is 0. The first-order valence-corrected chi connectivity index (χ1v) is 8.62. The zero-order chi connectivity index (χ0) is 13.8. The van der Waals surface area contributed by atoms with Gasteiger partial charge in [-0.05, 0) is 56.1 Å². The van der Waals surface area contributed by atoms with Crippen molar-refractivity contribution in [1.29, 1.82) is 0 Å². The molecule has 1 aromatic heterocycles. The molecule has 0 aliphatic carbocycles. The Kier molecular flexibility index (Phi) is 4.76. The third kappa shape index (κ3) is 3.42. The van der Waals surface area contributed by atoms with E-state index in [-0.39, 0.29) is 0 Å². The minimum absolute atomic E-state index is 0.332. The maximum absolute atomic E-state index is 5.95. The molecule has 2 aliphatic rings. The minimum atomic E-state index is 0.332. The Hall–Kier alpha value is -0.420. The van der Waals surface area contributed by atoms with Gasteiger partial charge in [-0.2, -0.15) is 0 Å². The van der Waals surface area contributed by atoms with E-state index in [4.69, 9.17) is 9.47 Å². The van der Waals surface area contributed by atoms with Crippen molar-refractivity contribution in [2.45, 2.75) is 38.8 Å². The number of likely N-dealkylation sites (tertiary alicyclic amines) is 1. The molecule has 2 aliphatic heterocycles. The van der Waals surface area contributed by atoms with Crippen molar-refractivity contribution in [3.8, 4) is 0 Å². The van der Waals surface area contributed by atoms with Crippen LogP contribution in [-0.4, -0.2) is 43.9 Å². The molecule has 0 amide bonds. The van der Waals surface area contributed by atoms with Gasteiger partial charge in [0, 0.05) is 18.0 Å². The molecule has 1 unspecified atom stereocenters. The lowest BCUT2D eigenvalue weighted by Crippen LogP contribution is -2.40. The van der Waals surface area contributed by atoms with Gasteiger partial charge in [-0.1, -0.05) is 6.07 Å². The summed E-state index contributed by atoms with van der Waals surface area (Å²) in [5.41, 5.74) is 0.438. The van der Waals surface area contributed by atoms with Gasteiger partial charge in [-0.3, -0.25) is 4.90 Å². The highest BCUT2D eigenvalue weighted by Gasteiger charge is 2.42. The average Bonchev–Trinajstić information content (AvgIpc) is 3.10. The zero-order valence-corrected chi connectivity index (χ0v) is 13.2. The molecule has 3 heterocycles. The maximum Gasteiger partial charge on any atom is 0.0814 e. The van der Waals surface area contributed by atoms with E-state index in [0.717, 1.165) is 26.4 Å². The van der Waals surface area contributed by atoms with Crippen LogP contribution in [0, 0.1) is 5.41 Å². The Bertz CT molecular complexity index is 399. The van der Waals surface area contributed by atoms with E-state index in [1.54, 1.807) is 0 Å². The van der Waals surface area contributed by atoms with Crippen LogP contribution in [0.5, 0.6) is 0 Å². The highest BCUT2D eigenvalue weighted by atomic mass is 32.1. The van der Waals surface area contributed by atoms with E-state index in [9.17, 15) is 0 Å². The number of thiophene rings is 1. The average molecular weight is 295 g/mol. The summed E-state index contributed by atoms with van der Waals surface area (Å²) in [6, 6.07) is 4.39. The van der Waals surface area contributed by atoms with Gasteiger partial charge < -0.3 is 9.47 Å². The third-order valence-corrected chi connectivity index (χ3v) is 5.53. The molecule has 4 heteroatoms. The van der Waals surface area contributed by atoms with Gasteiger partial charge in [-0.25, -0.2) is 0 Å². The molecule has 20 heavy (non-hydrogen) atoms. The van der Waals surface area contributed by atoms with Crippen LogP contribution < -0.4 is 0 Å². The lowest BCUT2D eigenvalue weighted by atomic mass is 9.76. The van der Waals surface area contributed by atoms with Gasteiger partial charge in [0.15, 0.2) is 0 Å². The summed E-state index contributed by atoms with van der Waals surface area (Å²) in [5.74, 6) is 0. The summed E-state index contributed by atoms with van der Waals surface area (Å²) in [6.07, 6.45) is 4.08. The van der Waals surface area contributed by atoms with Gasteiger partial charge >= 0.3 is 0 Å². The van der Waals surface area contributed by atoms with Crippen molar-refractivity contribution in [2.24, 2.45) is 5.41 Å². The smallest absolute Gasteiger partial charge is 0.0814 e. The molecule has 2 fully saturated rings. The standard InChI is InChI=1S/C16H25NO2S/c1-2-18-12-14-10-16(13-19-14)5-7-17(8-6-16)11-15-4-3-9-20-15/h3-4,9,14H,2,5-8,10-13H2,1H3. The molecule has 0 saturated carbocycles. The zero-order valence-electron chi connectivity index (χ0n) is 12.3. The summed E-state index contributed by atoms with van der Waals surface area (Å²) in [7, 11) is 0. The molecular formula is C16H25NO2S. The fraction of sp³-hybridized carbons (Fsp3) is 0.750. The van der Waals surface area contributed by atoms with E-state index in [1.807, 2.05) is 18.3 Å². The Balaban J connectivity index is 1.46. The molecule has 3 nitrogen and oxygen atoms in total. The number of nitrogens with zero attached hydrogens (tertiary/aromatic N) is 1. The molecule has 0 aromatic carbocycles. The molecule has 1 atom stereocenters. The maximum atomic E-state index is 5.95. The molecule has 1 aromatic rings. The van der Waals surface area contributed by atoms with Crippen LogP contribution in [0.1, 0.15) is 31.1 Å². The van der Waals surface area contributed by atoms with Crippen molar-refractivity contribution in [3.05, 3.63) is 22.4 Å². The van der Waals surface area contributed by atoms with Crippen molar-refractivity contribution >= 4 is 11.3 Å². The molecule has 2 saturated heterocycles.